The fourth-order valence-electron chi connectivity index (χ4n) is 5.81. The van der Waals surface area contributed by atoms with Crippen LogP contribution in [0.15, 0.2) is 72.8 Å². The van der Waals surface area contributed by atoms with Gasteiger partial charge in [-0.3, -0.25) is 14.4 Å². The normalized spacial score (nSPS) is 18.0. The Balaban J connectivity index is 1.55. The third-order valence-electron chi connectivity index (χ3n) is 8.45. The van der Waals surface area contributed by atoms with Gasteiger partial charge in [0, 0.05) is 26.0 Å². The van der Waals surface area contributed by atoms with Crippen LogP contribution in [0.2, 0.25) is 0 Å². The van der Waals surface area contributed by atoms with Gasteiger partial charge in [0.25, 0.3) is 0 Å². The van der Waals surface area contributed by atoms with Gasteiger partial charge < -0.3 is 34.8 Å². The second kappa shape index (κ2) is 16.1. The molecule has 4 atom stereocenters. The van der Waals surface area contributed by atoms with Crippen molar-refractivity contribution in [2.24, 2.45) is 5.92 Å². The summed E-state index contributed by atoms with van der Waals surface area (Å²) in [5.74, 6) is -1.98. The van der Waals surface area contributed by atoms with E-state index in [0.717, 1.165) is 16.7 Å². The first-order valence-electron chi connectivity index (χ1n) is 15.7. The van der Waals surface area contributed by atoms with E-state index < -0.39 is 48.3 Å². The quantitative estimate of drug-likeness (QED) is 0.102. The van der Waals surface area contributed by atoms with Crippen molar-refractivity contribution in [1.82, 2.24) is 0 Å². The van der Waals surface area contributed by atoms with E-state index in [2.05, 4.69) is 0 Å². The van der Waals surface area contributed by atoms with Gasteiger partial charge in [0.1, 0.15) is 24.1 Å². The Morgan fingerprint density at radius 2 is 1.51 bits per heavy atom. The lowest BCUT2D eigenvalue weighted by Crippen LogP contribution is -2.55. The van der Waals surface area contributed by atoms with Crippen LogP contribution in [0.25, 0.3) is 0 Å². The molecule has 0 bridgehead atoms. The zero-order chi connectivity index (χ0) is 34.1. The third kappa shape index (κ3) is 9.68. The topological polar surface area (TPSA) is 154 Å². The summed E-state index contributed by atoms with van der Waals surface area (Å²) in [4.78, 5) is 38.5. The van der Waals surface area contributed by atoms with E-state index in [4.69, 9.17) is 9.47 Å². The van der Waals surface area contributed by atoms with Gasteiger partial charge in [-0.1, -0.05) is 48.5 Å². The zero-order valence-electron chi connectivity index (χ0n) is 26.5. The van der Waals surface area contributed by atoms with Gasteiger partial charge in [0.05, 0.1) is 18.6 Å². The molecule has 4 N–H and O–H groups in total. The molecule has 10 nitrogen and oxygen atoms in total. The third-order valence-corrected chi connectivity index (χ3v) is 8.45. The number of rotatable bonds is 16. The van der Waals surface area contributed by atoms with E-state index in [0.29, 0.717) is 36.9 Å². The smallest absolute Gasteiger partial charge is 0.303 e. The van der Waals surface area contributed by atoms with Crippen molar-refractivity contribution in [3.63, 3.8) is 0 Å². The van der Waals surface area contributed by atoms with Crippen LogP contribution in [0.3, 0.4) is 0 Å². The molecule has 1 aliphatic heterocycles. The first-order chi connectivity index (χ1) is 22.4. The Kier molecular flexibility index (Phi) is 12.2. The standard InChI is InChI=1S/C36H42FNO9/c1-23(40)46-22-36(45,21-39)20-19-26-3-8-28(9-4-26)34-31(16-17-32(47-24(2)41)27-10-12-29(37)13-11-27)35(44)38(34)30-14-5-25(6-15-30)7-18-33(42)43/h3-6,8-15,31-34,39,42-43,45H,7,16-22H2,1-2H3/t31-,32?,34-,36?/m1/s1. The molecule has 1 fully saturated rings. The number of benzene rings is 3. The van der Waals surface area contributed by atoms with Gasteiger partial charge in [-0.15, -0.1) is 0 Å². The first-order valence-corrected chi connectivity index (χ1v) is 15.7. The van der Waals surface area contributed by atoms with Gasteiger partial charge in [-0.2, -0.15) is 0 Å². The number of halogens is 1. The number of hydrogen-bond acceptors (Lipinski definition) is 9. The number of ether oxygens (including phenoxy) is 2. The number of aliphatic hydroxyl groups excluding tert-OH is 2. The Labute approximate surface area is 273 Å². The van der Waals surface area contributed by atoms with Crippen LogP contribution in [-0.4, -0.2) is 63.4 Å². The monoisotopic (exact) mass is 651 g/mol. The summed E-state index contributed by atoms with van der Waals surface area (Å²) in [7, 11) is 0. The first kappa shape index (κ1) is 35.7. The fourth-order valence-corrected chi connectivity index (χ4v) is 5.81. The summed E-state index contributed by atoms with van der Waals surface area (Å²) in [6.45, 7) is 1.66. The van der Waals surface area contributed by atoms with Gasteiger partial charge >= 0.3 is 11.9 Å². The lowest BCUT2D eigenvalue weighted by atomic mass is 9.78. The number of amides is 1. The summed E-state index contributed by atoms with van der Waals surface area (Å²) in [5.41, 5.74) is 2.38. The molecule has 0 saturated carbocycles. The molecule has 4 rings (SSSR count). The number of hydrogen-bond donors (Lipinski definition) is 4. The largest absolute Gasteiger partial charge is 0.463 e. The molecule has 1 amide bonds. The van der Waals surface area contributed by atoms with Crippen LogP contribution < -0.4 is 4.90 Å². The van der Waals surface area contributed by atoms with Crippen LogP contribution in [0.5, 0.6) is 0 Å². The molecule has 1 saturated heterocycles. The molecule has 252 valence electrons. The highest BCUT2D eigenvalue weighted by Gasteiger charge is 2.48. The number of esters is 2. The number of β-lactam (4-membered cyclic amide) rings is 1. The van der Waals surface area contributed by atoms with E-state index in [1.807, 2.05) is 48.5 Å². The van der Waals surface area contributed by atoms with E-state index >= 15 is 0 Å². The number of carbonyl (C=O) groups excluding carboxylic acids is 3. The summed E-state index contributed by atoms with van der Waals surface area (Å²) >= 11 is 0. The molecular formula is C36H42FNO9. The van der Waals surface area contributed by atoms with Crippen LogP contribution in [0.1, 0.15) is 73.9 Å². The fraction of sp³-hybridized carbons (Fsp3) is 0.417. The van der Waals surface area contributed by atoms with Crippen molar-refractivity contribution in [2.45, 2.75) is 76.4 Å². The van der Waals surface area contributed by atoms with Crippen molar-refractivity contribution in [2.75, 3.05) is 18.1 Å². The van der Waals surface area contributed by atoms with Crippen LogP contribution >= 0.6 is 0 Å². The number of aliphatic hydroxyl groups is 4. The molecule has 1 heterocycles. The predicted octanol–water partition coefficient (Wildman–Crippen LogP) is 4.08. The predicted molar refractivity (Wildman–Crippen MR) is 170 cm³/mol. The van der Waals surface area contributed by atoms with Gasteiger partial charge in [0.15, 0.2) is 6.29 Å². The molecule has 3 aromatic rings. The van der Waals surface area contributed by atoms with Crippen molar-refractivity contribution >= 4 is 23.5 Å². The summed E-state index contributed by atoms with van der Waals surface area (Å²) in [6, 6.07) is 20.3. The van der Waals surface area contributed by atoms with Crippen molar-refractivity contribution in [3.05, 3.63) is 101 Å². The van der Waals surface area contributed by atoms with E-state index in [1.54, 1.807) is 17.0 Å². The van der Waals surface area contributed by atoms with Crippen molar-refractivity contribution < 1.29 is 48.7 Å². The number of anilines is 1. The number of aryl methyl sites for hydroxylation is 2. The average molecular weight is 652 g/mol. The Morgan fingerprint density at radius 3 is 2.09 bits per heavy atom. The lowest BCUT2D eigenvalue weighted by molar-refractivity contribution is -0.152. The highest BCUT2D eigenvalue weighted by molar-refractivity contribution is 6.03. The molecule has 3 aromatic carbocycles. The number of carbonyl (C=O) groups is 3. The molecule has 0 spiro atoms. The highest BCUT2D eigenvalue weighted by atomic mass is 19.1. The maximum Gasteiger partial charge on any atom is 0.303 e. The van der Waals surface area contributed by atoms with E-state index in [1.165, 1.54) is 26.0 Å². The average Bonchev–Trinajstić information content (AvgIpc) is 3.05. The lowest BCUT2D eigenvalue weighted by Gasteiger charge is -2.48. The Hall–Kier alpha value is -4.16. The molecule has 47 heavy (non-hydrogen) atoms. The van der Waals surface area contributed by atoms with Crippen molar-refractivity contribution in [1.29, 1.82) is 0 Å². The maximum atomic E-state index is 13.7. The Bertz CT molecular complexity index is 1490. The maximum absolute atomic E-state index is 13.7. The minimum Gasteiger partial charge on any atom is -0.463 e. The molecule has 0 radical (unpaired) electrons. The summed E-state index contributed by atoms with van der Waals surface area (Å²) < 4.78 is 24.0. The Morgan fingerprint density at radius 1 is 0.894 bits per heavy atom. The highest BCUT2D eigenvalue weighted by Crippen LogP contribution is 2.46. The molecule has 1 aliphatic rings. The minimum atomic E-state index is -1.57. The molecule has 0 aromatic heterocycles. The SMILES string of the molecule is CC(=O)OCC(O)(CO)CCc1ccc([C@@H]2[C@@H](CCC(OC(C)=O)c3ccc(F)cc3)C(=O)N2c2ccc(CCC(O)O)cc2)cc1. The van der Waals surface area contributed by atoms with Gasteiger partial charge in [0.2, 0.25) is 5.91 Å². The van der Waals surface area contributed by atoms with Crippen LogP contribution in [-0.2, 0) is 36.7 Å². The minimum absolute atomic E-state index is 0.100. The zero-order valence-corrected chi connectivity index (χ0v) is 26.5. The second-order valence-corrected chi connectivity index (χ2v) is 12.1. The molecular weight excluding hydrogens is 609 g/mol. The van der Waals surface area contributed by atoms with Gasteiger partial charge in [-0.05, 0) is 78.6 Å². The number of nitrogens with zero attached hydrogens (tertiary/aromatic N) is 1. The summed E-state index contributed by atoms with van der Waals surface area (Å²) in [6.07, 6.45) is -0.109. The van der Waals surface area contributed by atoms with E-state index in [-0.39, 0.29) is 31.4 Å². The molecule has 2 unspecified atom stereocenters. The van der Waals surface area contributed by atoms with Gasteiger partial charge in [-0.25, -0.2) is 4.39 Å². The van der Waals surface area contributed by atoms with Crippen molar-refractivity contribution in [3.8, 4) is 0 Å². The molecule has 11 heteroatoms. The second-order valence-electron chi connectivity index (χ2n) is 12.1. The molecule has 0 aliphatic carbocycles. The van der Waals surface area contributed by atoms with Crippen LogP contribution in [0.4, 0.5) is 10.1 Å². The summed E-state index contributed by atoms with van der Waals surface area (Å²) in [5, 5.41) is 38.7. The van der Waals surface area contributed by atoms with Crippen LogP contribution in [0, 0.1) is 11.7 Å². The van der Waals surface area contributed by atoms with E-state index in [9.17, 15) is 39.2 Å².